The van der Waals surface area contributed by atoms with E-state index in [0.29, 0.717) is 18.8 Å². The van der Waals surface area contributed by atoms with E-state index in [-0.39, 0.29) is 11.7 Å². The molecule has 1 saturated heterocycles. The van der Waals surface area contributed by atoms with Crippen LogP contribution in [0.25, 0.3) is 0 Å². The molecule has 2 aromatic rings. The number of halogens is 1. The van der Waals surface area contributed by atoms with Crippen LogP contribution in [-0.2, 0) is 0 Å². The summed E-state index contributed by atoms with van der Waals surface area (Å²) in [7, 11) is 1.74. The van der Waals surface area contributed by atoms with E-state index in [1.165, 1.54) is 30.7 Å². The number of hydrogen-bond acceptors (Lipinski definition) is 5. The summed E-state index contributed by atoms with van der Waals surface area (Å²) in [6, 6.07) is 6.57. The van der Waals surface area contributed by atoms with Crippen LogP contribution in [0.4, 0.5) is 10.1 Å². The van der Waals surface area contributed by atoms with Crippen molar-refractivity contribution in [1.29, 1.82) is 0 Å². The predicted molar refractivity (Wildman–Crippen MR) is 106 cm³/mol. The zero-order valence-electron chi connectivity index (χ0n) is 15.8. The largest absolute Gasteiger partial charge is 0.368 e. The molecule has 0 bridgehead atoms. The Morgan fingerprint density at radius 2 is 1.82 bits per heavy atom. The van der Waals surface area contributed by atoms with Crippen LogP contribution in [0.3, 0.4) is 0 Å². The van der Waals surface area contributed by atoms with E-state index in [1.807, 2.05) is 0 Å². The first-order chi connectivity index (χ1) is 13.7. The molecule has 0 saturated carbocycles. The highest BCUT2D eigenvalue weighted by atomic mass is 19.1. The van der Waals surface area contributed by atoms with Gasteiger partial charge in [-0.05, 0) is 24.3 Å². The number of piperazine rings is 1. The third kappa shape index (κ3) is 5.15. The Bertz CT molecular complexity index is 790. The number of aromatic nitrogens is 2. The molecule has 8 nitrogen and oxygen atoms in total. The van der Waals surface area contributed by atoms with Crippen LogP contribution in [0.1, 0.15) is 10.5 Å². The Morgan fingerprint density at radius 1 is 1.11 bits per heavy atom. The molecular weight excluding hydrogens is 361 g/mol. The minimum absolute atomic E-state index is 0.224. The highest BCUT2D eigenvalue weighted by Crippen LogP contribution is 2.16. The molecule has 0 aliphatic carbocycles. The first-order valence-electron chi connectivity index (χ1n) is 9.17. The normalized spacial score (nSPS) is 14.7. The molecular formula is C19H24FN7O. The average molecular weight is 385 g/mol. The fourth-order valence-electron chi connectivity index (χ4n) is 3.02. The Labute approximate surface area is 163 Å². The van der Waals surface area contributed by atoms with Gasteiger partial charge in [0.15, 0.2) is 5.96 Å². The minimum Gasteiger partial charge on any atom is -0.368 e. The molecule has 148 valence electrons. The van der Waals surface area contributed by atoms with Crippen molar-refractivity contribution in [2.45, 2.75) is 0 Å². The van der Waals surface area contributed by atoms with Gasteiger partial charge in [-0.2, -0.15) is 0 Å². The van der Waals surface area contributed by atoms with Crippen molar-refractivity contribution in [3.05, 3.63) is 54.4 Å². The second-order valence-electron chi connectivity index (χ2n) is 6.27. The number of rotatable bonds is 5. The number of nitrogens with zero attached hydrogens (tertiary/aromatic N) is 5. The number of nitrogens with one attached hydrogen (secondary N) is 2. The minimum atomic E-state index is -0.252. The second kappa shape index (κ2) is 9.63. The first kappa shape index (κ1) is 19.5. The highest BCUT2D eigenvalue weighted by molar-refractivity contribution is 5.91. The zero-order valence-corrected chi connectivity index (χ0v) is 15.8. The van der Waals surface area contributed by atoms with Gasteiger partial charge in [-0.3, -0.25) is 14.8 Å². The lowest BCUT2D eigenvalue weighted by atomic mass is 10.2. The summed E-state index contributed by atoms with van der Waals surface area (Å²) >= 11 is 0. The quantitative estimate of drug-likeness (QED) is 0.449. The Kier molecular flexibility index (Phi) is 6.72. The maximum absolute atomic E-state index is 13.1. The van der Waals surface area contributed by atoms with Crippen molar-refractivity contribution < 1.29 is 9.18 Å². The van der Waals surface area contributed by atoms with Gasteiger partial charge < -0.3 is 20.4 Å². The number of carbonyl (C=O) groups excluding carboxylic acids is 1. The van der Waals surface area contributed by atoms with Gasteiger partial charge in [0.25, 0.3) is 5.91 Å². The molecule has 1 aliphatic heterocycles. The fraction of sp³-hybridized carbons (Fsp3) is 0.368. The monoisotopic (exact) mass is 385 g/mol. The van der Waals surface area contributed by atoms with Crippen LogP contribution in [-0.4, -0.2) is 73.1 Å². The van der Waals surface area contributed by atoms with E-state index < -0.39 is 0 Å². The van der Waals surface area contributed by atoms with E-state index in [2.05, 4.69) is 35.4 Å². The van der Waals surface area contributed by atoms with E-state index in [4.69, 9.17) is 0 Å². The van der Waals surface area contributed by atoms with Gasteiger partial charge in [-0.15, -0.1) is 0 Å². The summed E-state index contributed by atoms with van der Waals surface area (Å²) in [6.07, 6.45) is 4.45. The Morgan fingerprint density at radius 3 is 2.46 bits per heavy atom. The lowest BCUT2D eigenvalue weighted by Crippen LogP contribution is -2.53. The number of hydrogen-bond donors (Lipinski definition) is 2. The van der Waals surface area contributed by atoms with Crippen molar-refractivity contribution in [2.75, 3.05) is 51.2 Å². The molecule has 2 heterocycles. The summed E-state index contributed by atoms with van der Waals surface area (Å²) in [5.74, 6) is 0.323. The van der Waals surface area contributed by atoms with Crippen molar-refractivity contribution in [3.63, 3.8) is 0 Å². The number of carbonyl (C=O) groups is 1. The molecule has 0 spiro atoms. The Hall–Kier alpha value is -3.23. The molecule has 3 rings (SSSR count). The number of benzene rings is 1. The predicted octanol–water partition coefficient (Wildman–Crippen LogP) is 0.743. The molecule has 2 N–H and O–H groups in total. The summed E-state index contributed by atoms with van der Waals surface area (Å²) < 4.78 is 13.1. The summed E-state index contributed by atoms with van der Waals surface area (Å²) in [6.45, 7) is 4.28. The zero-order chi connectivity index (χ0) is 19.8. The van der Waals surface area contributed by atoms with Crippen molar-refractivity contribution >= 4 is 17.6 Å². The van der Waals surface area contributed by atoms with Crippen molar-refractivity contribution in [3.8, 4) is 0 Å². The molecule has 1 aromatic heterocycles. The molecule has 0 atom stereocenters. The van der Waals surface area contributed by atoms with Crippen LogP contribution in [0.15, 0.2) is 47.8 Å². The van der Waals surface area contributed by atoms with Gasteiger partial charge in [-0.1, -0.05) is 0 Å². The average Bonchev–Trinajstić information content (AvgIpc) is 2.75. The number of anilines is 1. The first-order valence-corrected chi connectivity index (χ1v) is 9.17. The highest BCUT2D eigenvalue weighted by Gasteiger charge is 2.19. The summed E-state index contributed by atoms with van der Waals surface area (Å²) in [5, 5.41) is 6.06. The molecule has 0 radical (unpaired) electrons. The number of amides is 1. The SMILES string of the molecule is CN=C(NCCNC(=O)c1cnccn1)N1CCN(c2ccc(F)cc2)CC1. The molecule has 1 amide bonds. The molecule has 28 heavy (non-hydrogen) atoms. The standard InChI is InChI=1S/C19H24FN7O/c1-21-19(25-9-8-24-18(28)17-14-22-6-7-23-17)27-12-10-26(11-13-27)16-4-2-15(20)3-5-16/h2-7,14H,8-13H2,1H3,(H,21,25)(H,24,28). The van der Waals surface area contributed by atoms with Crippen molar-refractivity contribution in [1.82, 2.24) is 25.5 Å². The summed E-state index contributed by atoms with van der Waals surface area (Å²) in [5.41, 5.74) is 1.32. The van der Waals surface area contributed by atoms with Gasteiger partial charge >= 0.3 is 0 Å². The molecule has 0 unspecified atom stereocenters. The lowest BCUT2D eigenvalue weighted by Gasteiger charge is -2.37. The van der Waals surface area contributed by atoms with Crippen molar-refractivity contribution in [2.24, 2.45) is 4.99 Å². The van der Waals surface area contributed by atoms with Gasteiger partial charge in [0.1, 0.15) is 11.5 Å². The lowest BCUT2D eigenvalue weighted by molar-refractivity contribution is 0.0949. The molecule has 1 aromatic carbocycles. The second-order valence-corrected chi connectivity index (χ2v) is 6.27. The maximum Gasteiger partial charge on any atom is 0.271 e. The maximum atomic E-state index is 13.1. The van der Waals surface area contributed by atoms with Crippen LogP contribution in [0.2, 0.25) is 0 Å². The van der Waals surface area contributed by atoms with Crippen LogP contribution in [0.5, 0.6) is 0 Å². The van der Waals surface area contributed by atoms with E-state index in [0.717, 1.165) is 37.8 Å². The van der Waals surface area contributed by atoms with E-state index in [9.17, 15) is 9.18 Å². The van der Waals surface area contributed by atoms with Crippen LogP contribution >= 0.6 is 0 Å². The number of guanidine groups is 1. The molecule has 1 fully saturated rings. The third-order valence-electron chi connectivity index (χ3n) is 4.47. The van der Waals surface area contributed by atoms with Gasteiger partial charge in [0.2, 0.25) is 0 Å². The van der Waals surface area contributed by atoms with Crippen LogP contribution < -0.4 is 15.5 Å². The van der Waals surface area contributed by atoms with Gasteiger partial charge in [0.05, 0.1) is 6.20 Å². The topological polar surface area (TPSA) is 85.7 Å². The van der Waals surface area contributed by atoms with Gasteiger partial charge in [0, 0.05) is 64.4 Å². The molecule has 1 aliphatic rings. The number of aliphatic imine (C=N–C) groups is 1. The smallest absolute Gasteiger partial charge is 0.271 e. The molecule has 9 heteroatoms. The van der Waals surface area contributed by atoms with Crippen LogP contribution in [0, 0.1) is 5.82 Å². The third-order valence-corrected chi connectivity index (χ3v) is 4.47. The Balaban J connectivity index is 1.41. The van der Waals surface area contributed by atoms with Gasteiger partial charge in [-0.25, -0.2) is 9.37 Å². The fourth-order valence-corrected chi connectivity index (χ4v) is 3.02. The summed E-state index contributed by atoms with van der Waals surface area (Å²) in [4.78, 5) is 28.5. The van der Waals surface area contributed by atoms with E-state index in [1.54, 1.807) is 19.2 Å². The van der Waals surface area contributed by atoms with E-state index >= 15 is 0 Å².